The summed E-state index contributed by atoms with van der Waals surface area (Å²) in [6, 6.07) is 1.13. The molecule has 10 heteroatoms. The lowest BCUT2D eigenvalue weighted by Gasteiger charge is -2.17. The molecule has 1 aromatic rings. The van der Waals surface area contributed by atoms with E-state index in [1.165, 1.54) is 0 Å². The molecule has 1 aromatic carbocycles. The van der Waals surface area contributed by atoms with E-state index in [-0.39, 0.29) is 0 Å². The Morgan fingerprint density at radius 1 is 0.650 bits per heavy atom. The minimum Gasteiger partial charge on any atom is -0.203 e. The first-order chi connectivity index (χ1) is 8.96. The number of nitriles is 2. The summed E-state index contributed by atoms with van der Waals surface area (Å²) in [4.78, 5) is 0. The molecule has 1 rings (SSSR count). The second-order valence-corrected chi connectivity index (χ2v) is 3.35. The van der Waals surface area contributed by atoms with Crippen LogP contribution in [0.2, 0.25) is 0 Å². The number of halogens is 8. The maximum Gasteiger partial charge on any atom is 0.420 e. The predicted octanol–water partition coefficient (Wildman–Crippen LogP) is 3.75. The van der Waals surface area contributed by atoms with E-state index < -0.39 is 46.2 Å². The summed E-state index contributed by atoms with van der Waals surface area (Å²) in [6.45, 7) is 0. The van der Waals surface area contributed by atoms with Crippen molar-refractivity contribution in [2.24, 2.45) is 0 Å². The SMILES string of the molecule is N#Cc1c(F)c(F)c(C(F)(F)F)c(C#N)c1C(F)(F)F. The van der Waals surface area contributed by atoms with E-state index in [0.717, 1.165) is 0 Å². The van der Waals surface area contributed by atoms with Gasteiger partial charge in [0.2, 0.25) is 0 Å². The van der Waals surface area contributed by atoms with Crippen LogP contribution in [0.25, 0.3) is 0 Å². The Balaban J connectivity index is 4.10. The van der Waals surface area contributed by atoms with Crippen molar-refractivity contribution in [1.29, 1.82) is 10.5 Å². The standard InChI is InChI=1S/C10F8N2/c11-7-4(2-20)5(9(13,14)15)3(1-19)6(8(7)12)10(16,17)18. The number of hydrogen-bond acceptors (Lipinski definition) is 2. The van der Waals surface area contributed by atoms with Crippen molar-refractivity contribution in [3.8, 4) is 12.1 Å². The Bertz CT molecular complexity index is 642. The fourth-order valence-electron chi connectivity index (χ4n) is 1.46. The van der Waals surface area contributed by atoms with Gasteiger partial charge in [-0.25, -0.2) is 8.78 Å². The molecule has 0 bridgehead atoms. The van der Waals surface area contributed by atoms with Gasteiger partial charge in [-0.1, -0.05) is 0 Å². The molecular weight excluding hydrogens is 300 g/mol. The van der Waals surface area contributed by atoms with Crippen molar-refractivity contribution in [2.45, 2.75) is 12.4 Å². The van der Waals surface area contributed by atoms with Gasteiger partial charge in [-0.3, -0.25) is 0 Å². The largest absolute Gasteiger partial charge is 0.420 e. The van der Waals surface area contributed by atoms with Gasteiger partial charge in [-0.15, -0.1) is 0 Å². The lowest BCUT2D eigenvalue weighted by atomic mass is 9.95. The van der Waals surface area contributed by atoms with E-state index in [2.05, 4.69) is 0 Å². The number of nitrogens with zero attached hydrogens (tertiary/aromatic N) is 2. The molecule has 0 aromatic heterocycles. The van der Waals surface area contributed by atoms with E-state index in [0.29, 0.717) is 12.1 Å². The molecule has 0 saturated heterocycles. The van der Waals surface area contributed by atoms with Crippen LogP contribution in [0.15, 0.2) is 0 Å². The Kier molecular flexibility index (Phi) is 3.64. The normalized spacial score (nSPS) is 11.9. The minimum atomic E-state index is -5.73. The van der Waals surface area contributed by atoms with Crippen molar-refractivity contribution < 1.29 is 35.1 Å². The highest BCUT2D eigenvalue weighted by molar-refractivity contribution is 5.56. The average molecular weight is 300 g/mol. The fourth-order valence-corrected chi connectivity index (χ4v) is 1.46. The van der Waals surface area contributed by atoms with Crippen molar-refractivity contribution in [2.75, 3.05) is 0 Å². The molecule has 0 aliphatic rings. The first-order valence-electron chi connectivity index (χ1n) is 4.46. The Morgan fingerprint density at radius 2 is 1.05 bits per heavy atom. The monoisotopic (exact) mass is 300 g/mol. The second-order valence-electron chi connectivity index (χ2n) is 3.35. The quantitative estimate of drug-likeness (QED) is 0.685. The molecule has 0 aliphatic carbocycles. The molecule has 20 heavy (non-hydrogen) atoms. The number of alkyl halides is 6. The maximum atomic E-state index is 13.2. The smallest absolute Gasteiger partial charge is 0.203 e. The van der Waals surface area contributed by atoms with E-state index in [1.54, 1.807) is 0 Å². The van der Waals surface area contributed by atoms with Crippen molar-refractivity contribution in [3.05, 3.63) is 33.9 Å². The zero-order valence-electron chi connectivity index (χ0n) is 8.92. The zero-order chi connectivity index (χ0) is 15.9. The highest BCUT2D eigenvalue weighted by Crippen LogP contribution is 2.43. The highest BCUT2D eigenvalue weighted by atomic mass is 19.4. The Morgan fingerprint density at radius 3 is 1.35 bits per heavy atom. The fraction of sp³-hybridized carbons (Fsp3) is 0.200. The summed E-state index contributed by atoms with van der Waals surface area (Å²) >= 11 is 0. The average Bonchev–Trinajstić information content (AvgIpc) is 2.28. The Hall–Kier alpha value is -2.36. The summed E-state index contributed by atoms with van der Waals surface area (Å²) in [5, 5.41) is 16.8. The topological polar surface area (TPSA) is 47.6 Å². The molecule has 2 nitrogen and oxygen atoms in total. The summed E-state index contributed by atoms with van der Waals surface area (Å²) in [6.07, 6.45) is -11.4. The van der Waals surface area contributed by atoms with Crippen molar-refractivity contribution in [1.82, 2.24) is 0 Å². The van der Waals surface area contributed by atoms with Gasteiger partial charge in [0.1, 0.15) is 23.3 Å². The first-order valence-corrected chi connectivity index (χ1v) is 4.46. The van der Waals surface area contributed by atoms with Crippen LogP contribution in [0.3, 0.4) is 0 Å². The summed E-state index contributed by atoms with van der Waals surface area (Å²) < 4.78 is 102. The summed E-state index contributed by atoms with van der Waals surface area (Å²) in [5.41, 5.74) is -9.32. The van der Waals surface area contributed by atoms with Gasteiger partial charge in [0.05, 0.1) is 11.1 Å². The lowest BCUT2D eigenvalue weighted by Crippen LogP contribution is -2.21. The molecule has 0 atom stereocenters. The van der Waals surface area contributed by atoms with Gasteiger partial charge >= 0.3 is 12.4 Å². The van der Waals surface area contributed by atoms with Crippen LogP contribution in [0, 0.1) is 34.3 Å². The third-order valence-corrected chi connectivity index (χ3v) is 2.17. The summed E-state index contributed by atoms with van der Waals surface area (Å²) in [5.74, 6) is -5.33. The molecule has 0 saturated carbocycles. The number of hydrogen-bond donors (Lipinski definition) is 0. The molecule has 0 fully saturated rings. The lowest BCUT2D eigenvalue weighted by molar-refractivity contribution is -0.145. The van der Waals surface area contributed by atoms with Crippen LogP contribution >= 0.6 is 0 Å². The van der Waals surface area contributed by atoms with Crippen LogP contribution in [0.4, 0.5) is 35.1 Å². The molecule has 0 aliphatic heterocycles. The van der Waals surface area contributed by atoms with E-state index >= 15 is 0 Å². The van der Waals surface area contributed by atoms with Gasteiger partial charge in [-0.05, 0) is 0 Å². The molecular formula is C10F8N2. The van der Waals surface area contributed by atoms with E-state index in [4.69, 9.17) is 10.5 Å². The van der Waals surface area contributed by atoms with Crippen molar-refractivity contribution >= 4 is 0 Å². The minimum absolute atomic E-state index is 0.522. The third kappa shape index (κ3) is 2.37. The molecule has 106 valence electrons. The van der Waals surface area contributed by atoms with E-state index in [9.17, 15) is 35.1 Å². The van der Waals surface area contributed by atoms with E-state index in [1.807, 2.05) is 0 Å². The highest BCUT2D eigenvalue weighted by Gasteiger charge is 2.47. The van der Waals surface area contributed by atoms with Crippen LogP contribution in [0.1, 0.15) is 22.3 Å². The second kappa shape index (κ2) is 4.63. The van der Waals surface area contributed by atoms with Crippen LogP contribution < -0.4 is 0 Å². The first kappa shape index (κ1) is 15.7. The molecule has 0 spiro atoms. The molecule has 0 radical (unpaired) electrons. The van der Waals surface area contributed by atoms with Crippen LogP contribution in [0.5, 0.6) is 0 Å². The summed E-state index contributed by atoms with van der Waals surface area (Å²) in [7, 11) is 0. The third-order valence-electron chi connectivity index (χ3n) is 2.17. The van der Waals surface area contributed by atoms with Gasteiger partial charge in [0.15, 0.2) is 11.6 Å². The molecule has 0 unspecified atom stereocenters. The van der Waals surface area contributed by atoms with Crippen molar-refractivity contribution in [3.63, 3.8) is 0 Å². The maximum absolute atomic E-state index is 13.2. The van der Waals surface area contributed by atoms with Gasteiger partial charge in [0, 0.05) is 0 Å². The number of rotatable bonds is 0. The molecule has 0 heterocycles. The van der Waals surface area contributed by atoms with Crippen LogP contribution in [-0.4, -0.2) is 0 Å². The van der Waals surface area contributed by atoms with Gasteiger partial charge < -0.3 is 0 Å². The Labute approximate surface area is 105 Å². The zero-order valence-corrected chi connectivity index (χ0v) is 8.92. The van der Waals surface area contributed by atoms with Gasteiger partial charge in [0.25, 0.3) is 0 Å². The molecule has 0 N–H and O–H groups in total. The number of benzene rings is 1. The van der Waals surface area contributed by atoms with Crippen LogP contribution in [-0.2, 0) is 12.4 Å². The van der Waals surface area contributed by atoms with Gasteiger partial charge in [-0.2, -0.15) is 36.9 Å². The molecule has 0 amide bonds. The predicted molar refractivity (Wildman–Crippen MR) is 45.8 cm³/mol.